The van der Waals surface area contributed by atoms with Crippen molar-refractivity contribution < 1.29 is 18.0 Å². The van der Waals surface area contributed by atoms with Gasteiger partial charge in [-0.05, 0) is 88.9 Å². The molecule has 2 amide bonds. The molecule has 0 fully saturated rings. The second-order valence-corrected chi connectivity index (χ2v) is 12.7. The van der Waals surface area contributed by atoms with Gasteiger partial charge in [0.25, 0.3) is 10.0 Å². The minimum absolute atomic E-state index is 0.0883. The van der Waals surface area contributed by atoms with Crippen molar-refractivity contribution in [2.45, 2.75) is 64.4 Å². The van der Waals surface area contributed by atoms with Crippen molar-refractivity contribution >= 4 is 27.5 Å². The fourth-order valence-electron chi connectivity index (χ4n) is 4.17. The lowest BCUT2D eigenvalue weighted by atomic mass is 10.1. The van der Waals surface area contributed by atoms with Gasteiger partial charge in [-0.25, -0.2) is 8.42 Å². The first-order valence-electron chi connectivity index (χ1n) is 13.1. The van der Waals surface area contributed by atoms with Crippen molar-refractivity contribution in [3.63, 3.8) is 0 Å². The Bertz CT molecular complexity index is 1380. The van der Waals surface area contributed by atoms with Gasteiger partial charge < -0.3 is 10.2 Å². The highest BCUT2D eigenvalue weighted by atomic mass is 32.2. The number of nitrogens with zero attached hydrogens (tertiary/aromatic N) is 2. The monoisotopic (exact) mass is 549 g/mol. The molecule has 0 spiro atoms. The van der Waals surface area contributed by atoms with Gasteiger partial charge >= 0.3 is 0 Å². The zero-order chi connectivity index (χ0) is 28.8. The highest BCUT2D eigenvalue weighted by Gasteiger charge is 2.33. The number of amides is 2. The van der Waals surface area contributed by atoms with Crippen molar-refractivity contribution in [3.05, 3.63) is 95.6 Å². The van der Waals surface area contributed by atoms with Crippen LogP contribution < -0.4 is 9.62 Å². The van der Waals surface area contributed by atoms with E-state index in [-0.39, 0.29) is 17.3 Å². The molecule has 1 N–H and O–H groups in total. The zero-order valence-corrected chi connectivity index (χ0v) is 24.5. The molecule has 1 unspecified atom stereocenters. The lowest BCUT2D eigenvalue weighted by Gasteiger charge is -2.33. The Morgan fingerprint density at radius 2 is 1.46 bits per heavy atom. The molecule has 0 aliphatic carbocycles. The van der Waals surface area contributed by atoms with Crippen LogP contribution in [0.4, 0.5) is 5.69 Å². The van der Waals surface area contributed by atoms with E-state index in [4.69, 9.17) is 0 Å². The first kappa shape index (κ1) is 29.9. The Hall–Kier alpha value is -3.65. The third kappa shape index (κ3) is 7.93. The van der Waals surface area contributed by atoms with E-state index in [1.54, 1.807) is 37.3 Å². The average molecular weight is 550 g/mol. The topological polar surface area (TPSA) is 86.8 Å². The summed E-state index contributed by atoms with van der Waals surface area (Å²) in [6.45, 7) is 11.0. The van der Waals surface area contributed by atoms with Crippen molar-refractivity contribution in [3.8, 4) is 0 Å². The van der Waals surface area contributed by atoms with Crippen molar-refractivity contribution in [1.29, 1.82) is 0 Å². The Morgan fingerprint density at radius 3 is 2.03 bits per heavy atom. The second-order valence-electron chi connectivity index (χ2n) is 10.8. The number of benzene rings is 3. The minimum atomic E-state index is -4.07. The first-order chi connectivity index (χ1) is 18.3. The van der Waals surface area contributed by atoms with Gasteiger partial charge in [-0.3, -0.25) is 13.9 Å². The standard InChI is InChI=1S/C31H39N3O4S/c1-23-17-18-27(21-24(23)2)34(39(37,38)28-15-11-8-12-16-28)22-29(35)33(20-19-26-13-9-7-10-14-26)25(3)30(36)32-31(4,5)6/h7-18,21,25H,19-20,22H2,1-6H3,(H,32,36). The van der Waals surface area contributed by atoms with E-state index in [1.807, 2.05) is 71.0 Å². The van der Waals surface area contributed by atoms with Crippen LogP contribution in [0.1, 0.15) is 44.4 Å². The molecule has 7 nitrogen and oxygen atoms in total. The Balaban J connectivity index is 2.00. The lowest BCUT2D eigenvalue weighted by molar-refractivity contribution is -0.139. The molecule has 3 rings (SSSR count). The minimum Gasteiger partial charge on any atom is -0.350 e. The quantitative estimate of drug-likeness (QED) is 0.391. The molecule has 208 valence electrons. The molecule has 0 saturated heterocycles. The van der Waals surface area contributed by atoms with Gasteiger partial charge in [0.1, 0.15) is 12.6 Å². The second kappa shape index (κ2) is 12.5. The van der Waals surface area contributed by atoms with Crippen LogP contribution in [-0.2, 0) is 26.0 Å². The zero-order valence-electron chi connectivity index (χ0n) is 23.6. The van der Waals surface area contributed by atoms with Crippen molar-refractivity contribution in [2.75, 3.05) is 17.4 Å². The molecule has 0 aliphatic heterocycles. The normalized spacial score (nSPS) is 12.5. The largest absolute Gasteiger partial charge is 0.350 e. The molecule has 8 heteroatoms. The van der Waals surface area contributed by atoms with Crippen LogP contribution in [0.3, 0.4) is 0 Å². The predicted molar refractivity (Wildman–Crippen MR) is 156 cm³/mol. The Kier molecular flexibility index (Phi) is 9.56. The van der Waals surface area contributed by atoms with E-state index < -0.39 is 34.1 Å². The molecule has 3 aromatic rings. The summed E-state index contributed by atoms with van der Waals surface area (Å²) in [6, 6.07) is 22.3. The predicted octanol–water partition coefficient (Wildman–Crippen LogP) is 4.87. The van der Waals surface area contributed by atoms with E-state index in [0.717, 1.165) is 21.0 Å². The van der Waals surface area contributed by atoms with Gasteiger partial charge in [0.2, 0.25) is 11.8 Å². The van der Waals surface area contributed by atoms with Crippen LogP contribution in [0, 0.1) is 13.8 Å². The number of hydrogen-bond acceptors (Lipinski definition) is 4. The number of rotatable bonds is 10. The van der Waals surface area contributed by atoms with Gasteiger partial charge in [-0.2, -0.15) is 0 Å². The number of carbonyl (C=O) groups excluding carboxylic acids is 2. The van der Waals surface area contributed by atoms with Crippen LogP contribution in [0.15, 0.2) is 83.8 Å². The highest BCUT2D eigenvalue weighted by molar-refractivity contribution is 7.92. The lowest BCUT2D eigenvalue weighted by Crippen LogP contribution is -2.55. The van der Waals surface area contributed by atoms with Crippen LogP contribution >= 0.6 is 0 Å². The van der Waals surface area contributed by atoms with Gasteiger partial charge in [-0.1, -0.05) is 54.6 Å². The molecule has 0 bridgehead atoms. The summed E-state index contributed by atoms with van der Waals surface area (Å²) in [5.41, 5.74) is 2.85. The molecular formula is C31H39N3O4S. The number of nitrogens with one attached hydrogen (secondary N) is 1. The smallest absolute Gasteiger partial charge is 0.264 e. The third-order valence-corrected chi connectivity index (χ3v) is 8.33. The molecule has 0 saturated carbocycles. The number of aryl methyl sites for hydroxylation is 2. The van der Waals surface area contributed by atoms with Crippen molar-refractivity contribution in [2.24, 2.45) is 0 Å². The molecule has 39 heavy (non-hydrogen) atoms. The van der Waals surface area contributed by atoms with Crippen molar-refractivity contribution in [1.82, 2.24) is 10.2 Å². The molecule has 0 aliphatic rings. The van der Waals surface area contributed by atoms with Gasteiger partial charge in [0.05, 0.1) is 10.6 Å². The first-order valence-corrected chi connectivity index (χ1v) is 14.5. The molecule has 0 aromatic heterocycles. The summed E-state index contributed by atoms with van der Waals surface area (Å²) in [7, 11) is -4.07. The van der Waals surface area contributed by atoms with Gasteiger partial charge in [0, 0.05) is 12.1 Å². The Morgan fingerprint density at radius 1 is 0.872 bits per heavy atom. The molecule has 0 heterocycles. The SMILES string of the molecule is Cc1ccc(N(CC(=O)N(CCc2ccccc2)C(C)C(=O)NC(C)(C)C)S(=O)(=O)c2ccccc2)cc1C. The molecule has 1 atom stereocenters. The van der Waals surface area contributed by atoms with Crippen LogP contribution in [0.2, 0.25) is 0 Å². The number of carbonyl (C=O) groups is 2. The number of sulfonamides is 1. The fourth-order valence-corrected chi connectivity index (χ4v) is 5.60. The van der Waals surface area contributed by atoms with Crippen LogP contribution in [0.25, 0.3) is 0 Å². The average Bonchev–Trinajstić information content (AvgIpc) is 2.89. The maximum atomic E-state index is 13.9. The fraction of sp³-hybridized carbons (Fsp3) is 0.355. The molecule has 3 aromatic carbocycles. The summed E-state index contributed by atoms with van der Waals surface area (Å²) < 4.78 is 28.8. The summed E-state index contributed by atoms with van der Waals surface area (Å²) in [4.78, 5) is 28.6. The van der Waals surface area contributed by atoms with E-state index in [0.29, 0.717) is 12.1 Å². The summed E-state index contributed by atoms with van der Waals surface area (Å²) >= 11 is 0. The van der Waals surface area contributed by atoms with E-state index in [1.165, 1.54) is 17.0 Å². The summed E-state index contributed by atoms with van der Waals surface area (Å²) in [5, 5.41) is 2.94. The van der Waals surface area contributed by atoms with E-state index in [9.17, 15) is 18.0 Å². The van der Waals surface area contributed by atoms with Gasteiger partial charge in [0.15, 0.2) is 0 Å². The number of anilines is 1. The van der Waals surface area contributed by atoms with Crippen LogP contribution in [0.5, 0.6) is 0 Å². The third-order valence-electron chi connectivity index (χ3n) is 6.54. The molecule has 0 radical (unpaired) electrons. The summed E-state index contributed by atoms with van der Waals surface area (Å²) in [5.74, 6) is -0.757. The van der Waals surface area contributed by atoms with E-state index in [2.05, 4.69) is 5.32 Å². The van der Waals surface area contributed by atoms with Gasteiger partial charge in [-0.15, -0.1) is 0 Å². The van der Waals surface area contributed by atoms with Crippen LogP contribution in [-0.4, -0.2) is 49.8 Å². The maximum Gasteiger partial charge on any atom is 0.264 e. The van der Waals surface area contributed by atoms with E-state index >= 15 is 0 Å². The number of hydrogen-bond donors (Lipinski definition) is 1. The highest BCUT2D eigenvalue weighted by Crippen LogP contribution is 2.26. The summed E-state index contributed by atoms with van der Waals surface area (Å²) in [6.07, 6.45) is 0.523. The molecular weight excluding hydrogens is 510 g/mol. The Labute approximate surface area is 232 Å². The maximum absolute atomic E-state index is 13.9.